The van der Waals surface area contributed by atoms with Crippen LogP contribution in [0.3, 0.4) is 0 Å². The number of anilines is 1. The molecular weight excluding hydrogens is 613 g/mol. The van der Waals surface area contributed by atoms with Gasteiger partial charge in [0.2, 0.25) is 0 Å². The van der Waals surface area contributed by atoms with E-state index >= 15 is 0 Å². The summed E-state index contributed by atoms with van der Waals surface area (Å²) in [5.74, 6) is 0.721. The molecule has 0 fully saturated rings. The number of hydrogen-bond donors (Lipinski definition) is 3. The number of amides is 1. The predicted molar refractivity (Wildman–Crippen MR) is 192 cm³/mol. The third kappa shape index (κ3) is 11.6. The van der Waals surface area contributed by atoms with Gasteiger partial charge < -0.3 is 26.1 Å². The molecule has 0 spiro atoms. The van der Waals surface area contributed by atoms with Crippen molar-refractivity contribution in [2.75, 3.05) is 25.5 Å². The summed E-state index contributed by atoms with van der Waals surface area (Å²) in [7, 11) is 3.95. The number of allylic oxidation sites excluding steroid dienone is 2. The summed E-state index contributed by atoms with van der Waals surface area (Å²) in [6.45, 7) is 11.2. The lowest BCUT2D eigenvalue weighted by atomic mass is 9.96. The van der Waals surface area contributed by atoms with Gasteiger partial charge in [0, 0.05) is 50.5 Å². The first-order chi connectivity index (χ1) is 22.9. The molecule has 48 heavy (non-hydrogen) atoms. The van der Waals surface area contributed by atoms with E-state index in [-0.39, 0.29) is 25.0 Å². The largest absolute Gasteiger partial charge is 0.416 e. The number of nitrogens with one attached hydrogen (secondary N) is 2. The first kappa shape index (κ1) is 40.2. The van der Waals surface area contributed by atoms with E-state index < -0.39 is 17.8 Å². The fraction of sp³-hybridized carbons (Fsp3) is 0.436. The molecule has 1 amide bonds. The number of benzene rings is 3. The summed E-state index contributed by atoms with van der Waals surface area (Å²) in [5.41, 5.74) is 12.1. The summed E-state index contributed by atoms with van der Waals surface area (Å²) in [4.78, 5) is 23.8. The Morgan fingerprint density at radius 1 is 0.938 bits per heavy atom. The van der Waals surface area contributed by atoms with Crippen LogP contribution in [0, 0.1) is 5.92 Å². The highest BCUT2D eigenvalue weighted by Gasteiger charge is 2.31. The van der Waals surface area contributed by atoms with Crippen molar-refractivity contribution in [2.45, 2.75) is 84.6 Å². The minimum absolute atomic E-state index is 0.182. The molecule has 0 bridgehead atoms. The smallest absolute Gasteiger partial charge is 0.377 e. The molecule has 4 N–H and O–H groups in total. The van der Waals surface area contributed by atoms with E-state index in [0.717, 1.165) is 47.7 Å². The predicted octanol–water partition coefficient (Wildman–Crippen LogP) is 7.84. The van der Waals surface area contributed by atoms with E-state index in [2.05, 4.69) is 44.4 Å². The summed E-state index contributed by atoms with van der Waals surface area (Å²) < 4.78 is 39.7. The van der Waals surface area contributed by atoms with Crippen LogP contribution in [0.15, 0.2) is 72.8 Å². The van der Waals surface area contributed by atoms with Crippen molar-refractivity contribution < 1.29 is 22.8 Å². The second-order valence-electron chi connectivity index (χ2n) is 12.3. The number of carbonyl (C=O) groups is 2. The molecule has 1 aliphatic carbocycles. The zero-order valence-corrected chi connectivity index (χ0v) is 29.3. The van der Waals surface area contributed by atoms with E-state index in [1.165, 1.54) is 30.0 Å². The molecule has 0 saturated carbocycles. The van der Waals surface area contributed by atoms with Crippen LogP contribution in [-0.2, 0) is 30.4 Å². The summed E-state index contributed by atoms with van der Waals surface area (Å²) in [6.07, 6.45) is 2.71. The van der Waals surface area contributed by atoms with E-state index in [4.69, 9.17) is 10.5 Å². The molecule has 6 nitrogen and oxygen atoms in total. The maximum Gasteiger partial charge on any atom is 0.416 e. The Bertz CT molecular complexity index is 1450. The number of carbonyl (C=O) groups excluding carboxylic acids is 2. The van der Waals surface area contributed by atoms with Gasteiger partial charge in [-0.05, 0) is 71.2 Å². The van der Waals surface area contributed by atoms with Crippen LogP contribution >= 0.6 is 0 Å². The van der Waals surface area contributed by atoms with Crippen molar-refractivity contribution in [2.24, 2.45) is 11.7 Å². The van der Waals surface area contributed by atoms with Crippen LogP contribution in [0.25, 0.3) is 5.57 Å². The molecule has 3 aromatic rings. The molecular formula is C39H53F3N4O2. The van der Waals surface area contributed by atoms with Crippen LogP contribution in [-0.4, -0.2) is 45.4 Å². The molecule has 4 rings (SSSR count). The minimum atomic E-state index is -4.42. The standard InChI is InChI=1S/C32H37F3N4O.C6H14.CH2O/c1-4-23-13-14-26-27(23)17-24(18-30(26)39(2)3)31(40)38-28(16-21-9-6-5-7-10-21)29(19-36)37-20-22-11-8-12-25(15-22)32(33,34)35;1-4-6(3)5-2;1-2/h5-13,15,17-18,28-29,37H,4,14,16,19-20,36H2,1-3H3,(H,38,40);6H,4-5H2,1-3H3;1H2. The third-order valence-corrected chi connectivity index (χ3v) is 8.82. The van der Waals surface area contributed by atoms with Crippen molar-refractivity contribution >= 4 is 24.0 Å². The monoisotopic (exact) mass is 666 g/mol. The molecule has 1 aliphatic rings. The SMILES string of the molecule is C=O.CCC(C)CC.CCC1=CCc2c1cc(C(=O)NC(Cc1ccccc1)C(CN)NCc1cccc(C(F)(F)F)c1)cc2N(C)C. The quantitative estimate of drug-likeness (QED) is 0.173. The zero-order valence-electron chi connectivity index (χ0n) is 29.3. The number of nitrogens with zero attached hydrogens (tertiary/aromatic N) is 1. The van der Waals surface area contributed by atoms with E-state index in [0.29, 0.717) is 17.5 Å². The summed E-state index contributed by atoms with van der Waals surface area (Å²) in [5, 5.41) is 6.50. The van der Waals surface area contributed by atoms with Crippen LogP contribution in [0.5, 0.6) is 0 Å². The number of halogens is 3. The Hall–Kier alpha value is -3.95. The maximum atomic E-state index is 13.7. The summed E-state index contributed by atoms with van der Waals surface area (Å²) >= 11 is 0. The number of hydrogen-bond acceptors (Lipinski definition) is 5. The lowest BCUT2D eigenvalue weighted by Crippen LogP contribution is -2.54. The summed E-state index contributed by atoms with van der Waals surface area (Å²) in [6, 6.07) is 18.1. The van der Waals surface area contributed by atoms with Gasteiger partial charge in [-0.2, -0.15) is 13.2 Å². The molecule has 0 heterocycles. The Balaban J connectivity index is 0.000000901. The lowest BCUT2D eigenvalue weighted by Gasteiger charge is -2.29. The Kier molecular flexibility index (Phi) is 16.6. The molecule has 0 aliphatic heterocycles. The van der Waals surface area contributed by atoms with Gasteiger partial charge in [0.1, 0.15) is 6.79 Å². The van der Waals surface area contributed by atoms with Gasteiger partial charge in [-0.1, -0.05) is 95.1 Å². The van der Waals surface area contributed by atoms with Crippen LogP contribution in [0.2, 0.25) is 0 Å². The highest BCUT2D eigenvalue weighted by Crippen LogP contribution is 2.37. The van der Waals surface area contributed by atoms with Gasteiger partial charge in [0.15, 0.2) is 0 Å². The van der Waals surface area contributed by atoms with Crippen LogP contribution in [0.1, 0.15) is 85.1 Å². The average Bonchev–Trinajstić information content (AvgIpc) is 3.52. The van der Waals surface area contributed by atoms with Gasteiger partial charge in [-0.3, -0.25) is 4.79 Å². The molecule has 9 heteroatoms. The van der Waals surface area contributed by atoms with Crippen molar-refractivity contribution in [3.63, 3.8) is 0 Å². The highest BCUT2D eigenvalue weighted by molar-refractivity contribution is 5.97. The fourth-order valence-electron chi connectivity index (χ4n) is 5.56. The number of fused-ring (bicyclic) bond motifs is 1. The highest BCUT2D eigenvalue weighted by atomic mass is 19.4. The van der Waals surface area contributed by atoms with E-state index in [1.54, 1.807) is 6.07 Å². The normalized spacial score (nSPS) is 13.3. The molecule has 0 saturated heterocycles. The lowest BCUT2D eigenvalue weighted by molar-refractivity contribution is -0.137. The van der Waals surface area contributed by atoms with Crippen molar-refractivity contribution in [3.05, 3.63) is 106 Å². The molecule has 2 unspecified atom stereocenters. The van der Waals surface area contributed by atoms with Gasteiger partial charge >= 0.3 is 6.18 Å². The average molecular weight is 667 g/mol. The number of nitrogens with two attached hydrogens (primary N) is 1. The Morgan fingerprint density at radius 3 is 2.12 bits per heavy atom. The van der Waals surface area contributed by atoms with Crippen molar-refractivity contribution in [1.82, 2.24) is 10.6 Å². The Labute approximate surface area is 285 Å². The number of rotatable bonds is 13. The first-order valence-corrected chi connectivity index (χ1v) is 16.7. The minimum Gasteiger partial charge on any atom is -0.377 e. The molecule has 0 radical (unpaired) electrons. The van der Waals surface area contributed by atoms with Gasteiger partial charge in [-0.15, -0.1) is 0 Å². The van der Waals surface area contributed by atoms with Crippen molar-refractivity contribution in [3.8, 4) is 0 Å². The molecule has 3 aromatic carbocycles. The first-order valence-electron chi connectivity index (χ1n) is 16.7. The fourth-order valence-corrected chi connectivity index (χ4v) is 5.56. The maximum absolute atomic E-state index is 13.7. The van der Waals surface area contributed by atoms with Gasteiger partial charge in [-0.25, -0.2) is 0 Å². The second kappa shape index (κ2) is 19.8. The Morgan fingerprint density at radius 2 is 1.58 bits per heavy atom. The van der Waals surface area contributed by atoms with Crippen LogP contribution < -0.4 is 21.3 Å². The van der Waals surface area contributed by atoms with Crippen molar-refractivity contribution in [1.29, 1.82) is 0 Å². The van der Waals surface area contributed by atoms with Gasteiger partial charge in [0.25, 0.3) is 5.91 Å². The second-order valence-corrected chi connectivity index (χ2v) is 12.3. The molecule has 0 aromatic heterocycles. The molecule has 262 valence electrons. The topological polar surface area (TPSA) is 87.5 Å². The molecule has 2 atom stereocenters. The van der Waals surface area contributed by atoms with Gasteiger partial charge in [0.05, 0.1) is 5.56 Å². The number of alkyl halides is 3. The van der Waals surface area contributed by atoms with Crippen LogP contribution in [0.4, 0.5) is 18.9 Å². The van der Waals surface area contributed by atoms with E-state index in [1.807, 2.05) is 68.2 Å². The third-order valence-electron chi connectivity index (χ3n) is 8.82. The zero-order chi connectivity index (χ0) is 35.9. The van der Waals surface area contributed by atoms with E-state index in [9.17, 15) is 18.0 Å².